The molecule has 0 aliphatic carbocycles. The van der Waals surface area contributed by atoms with Gasteiger partial charge in [0, 0.05) is 6.42 Å². The van der Waals surface area contributed by atoms with Gasteiger partial charge >= 0.3 is 0 Å². The van der Waals surface area contributed by atoms with E-state index in [0.717, 1.165) is 11.3 Å². The van der Waals surface area contributed by atoms with Gasteiger partial charge in [0.1, 0.15) is 12.4 Å². The van der Waals surface area contributed by atoms with Crippen LogP contribution in [0, 0.1) is 0 Å². The fourth-order valence-corrected chi connectivity index (χ4v) is 1.19. The van der Waals surface area contributed by atoms with Crippen LogP contribution in [-0.2, 0) is 16.2 Å². The van der Waals surface area contributed by atoms with Crippen LogP contribution in [0.2, 0.25) is 0 Å². The second-order valence-corrected chi connectivity index (χ2v) is 3.79. The number of carbonyl (C=O) groups is 1. The first-order valence-corrected chi connectivity index (χ1v) is 5.37. The predicted molar refractivity (Wildman–Crippen MR) is 64.3 cm³/mol. The quantitative estimate of drug-likeness (QED) is 0.545. The molecule has 0 aliphatic rings. The van der Waals surface area contributed by atoms with E-state index in [9.17, 15) is 4.79 Å². The number of nitrogens with zero attached hydrogens (tertiary/aromatic N) is 1. The van der Waals surface area contributed by atoms with E-state index in [2.05, 4.69) is 5.16 Å². The number of hydrogen-bond donors (Lipinski definition) is 0. The maximum Gasteiger partial charge on any atom is 0.142 e. The van der Waals surface area contributed by atoms with Crippen molar-refractivity contribution in [1.82, 2.24) is 0 Å². The van der Waals surface area contributed by atoms with E-state index in [-0.39, 0.29) is 5.78 Å². The van der Waals surface area contributed by atoms with Gasteiger partial charge in [-0.25, -0.2) is 0 Å². The molecule has 1 aromatic carbocycles. The Morgan fingerprint density at radius 1 is 1.19 bits per heavy atom. The van der Waals surface area contributed by atoms with Crippen molar-refractivity contribution in [3.63, 3.8) is 0 Å². The van der Waals surface area contributed by atoms with Crippen molar-refractivity contribution < 1.29 is 9.63 Å². The Bertz CT molecular complexity index is 357. The fourth-order valence-electron chi connectivity index (χ4n) is 1.19. The highest BCUT2D eigenvalue weighted by Gasteiger charge is 1.97. The molecular formula is C13H17NO2. The highest BCUT2D eigenvalue weighted by molar-refractivity contribution is 5.86. The fraction of sp³-hybridized carbons (Fsp3) is 0.385. The van der Waals surface area contributed by atoms with Gasteiger partial charge in [-0.3, -0.25) is 0 Å². The van der Waals surface area contributed by atoms with E-state index in [1.165, 1.54) is 0 Å². The minimum Gasteiger partial charge on any atom is -0.391 e. The largest absolute Gasteiger partial charge is 0.391 e. The number of hydrogen-bond acceptors (Lipinski definition) is 3. The van der Waals surface area contributed by atoms with Crippen molar-refractivity contribution in [2.24, 2.45) is 5.16 Å². The topological polar surface area (TPSA) is 38.7 Å². The van der Waals surface area contributed by atoms with Gasteiger partial charge in [-0.05, 0) is 25.8 Å². The lowest BCUT2D eigenvalue weighted by Crippen LogP contribution is -1.98. The molecule has 0 saturated heterocycles. The Morgan fingerprint density at radius 3 is 2.50 bits per heavy atom. The van der Waals surface area contributed by atoms with E-state index in [4.69, 9.17) is 4.84 Å². The molecule has 0 aliphatic heterocycles. The lowest BCUT2D eigenvalue weighted by atomic mass is 10.2. The van der Waals surface area contributed by atoms with E-state index in [1.54, 1.807) is 6.92 Å². The molecule has 0 atom stereocenters. The third-order valence-corrected chi connectivity index (χ3v) is 2.13. The Kier molecular flexibility index (Phi) is 5.26. The van der Waals surface area contributed by atoms with E-state index in [0.29, 0.717) is 19.4 Å². The second-order valence-electron chi connectivity index (χ2n) is 3.79. The Morgan fingerprint density at radius 2 is 1.88 bits per heavy atom. The first kappa shape index (κ1) is 12.4. The zero-order chi connectivity index (χ0) is 11.8. The van der Waals surface area contributed by atoms with Crippen molar-refractivity contribution in [2.45, 2.75) is 33.3 Å². The minimum atomic E-state index is 0.178. The third kappa shape index (κ3) is 5.29. The van der Waals surface area contributed by atoms with Crippen molar-refractivity contribution in [1.29, 1.82) is 0 Å². The lowest BCUT2D eigenvalue weighted by molar-refractivity contribution is -0.116. The Labute approximate surface area is 96.1 Å². The van der Waals surface area contributed by atoms with Gasteiger partial charge < -0.3 is 9.63 Å². The summed E-state index contributed by atoms with van der Waals surface area (Å²) in [5.74, 6) is 0.178. The summed E-state index contributed by atoms with van der Waals surface area (Å²) in [4.78, 5) is 15.9. The highest BCUT2D eigenvalue weighted by atomic mass is 16.6. The summed E-state index contributed by atoms with van der Waals surface area (Å²) in [6.45, 7) is 3.92. The summed E-state index contributed by atoms with van der Waals surface area (Å²) >= 11 is 0. The number of ketones is 1. The highest BCUT2D eigenvalue weighted by Crippen LogP contribution is 2.02. The van der Waals surface area contributed by atoms with Crippen LogP contribution in [0.15, 0.2) is 35.5 Å². The smallest absolute Gasteiger partial charge is 0.142 e. The van der Waals surface area contributed by atoms with Crippen LogP contribution in [0.1, 0.15) is 32.3 Å². The first-order chi connectivity index (χ1) is 7.68. The number of carbonyl (C=O) groups excluding carboxylic acids is 1. The van der Waals surface area contributed by atoms with Gasteiger partial charge in [-0.1, -0.05) is 35.5 Å². The Hall–Kier alpha value is -1.64. The summed E-state index contributed by atoms with van der Waals surface area (Å²) in [5.41, 5.74) is 1.94. The maximum atomic E-state index is 10.7. The molecule has 0 unspecified atom stereocenters. The SMILES string of the molecule is CC(=O)CC/C(C)=N/OCc1ccccc1. The lowest BCUT2D eigenvalue weighted by Gasteiger charge is -2.01. The van der Waals surface area contributed by atoms with Crippen LogP contribution in [0.4, 0.5) is 0 Å². The molecule has 1 rings (SSSR count). The molecule has 0 saturated carbocycles. The molecule has 0 radical (unpaired) electrons. The average Bonchev–Trinajstić information content (AvgIpc) is 2.28. The first-order valence-electron chi connectivity index (χ1n) is 5.37. The standard InChI is InChI=1S/C13H17NO2/c1-11(8-9-12(2)15)14-16-10-13-6-4-3-5-7-13/h3-7H,8-10H2,1-2H3/b14-11+. The van der Waals surface area contributed by atoms with E-state index >= 15 is 0 Å². The van der Waals surface area contributed by atoms with E-state index < -0.39 is 0 Å². The molecule has 0 heterocycles. The number of rotatable bonds is 6. The van der Waals surface area contributed by atoms with Gasteiger partial charge in [-0.2, -0.15) is 0 Å². The molecule has 0 spiro atoms. The summed E-state index contributed by atoms with van der Waals surface area (Å²) in [6, 6.07) is 9.86. The zero-order valence-corrected chi connectivity index (χ0v) is 9.77. The predicted octanol–water partition coefficient (Wildman–Crippen LogP) is 2.95. The third-order valence-electron chi connectivity index (χ3n) is 2.13. The molecular weight excluding hydrogens is 202 g/mol. The molecule has 0 fully saturated rings. The molecule has 0 amide bonds. The molecule has 16 heavy (non-hydrogen) atoms. The molecule has 0 aromatic heterocycles. The van der Waals surface area contributed by atoms with Gasteiger partial charge in [0.15, 0.2) is 0 Å². The van der Waals surface area contributed by atoms with Crippen molar-refractivity contribution in [3.05, 3.63) is 35.9 Å². The van der Waals surface area contributed by atoms with Crippen LogP contribution in [0.5, 0.6) is 0 Å². The normalized spacial score (nSPS) is 11.2. The van der Waals surface area contributed by atoms with Crippen LogP contribution in [-0.4, -0.2) is 11.5 Å². The number of benzene rings is 1. The summed E-state index contributed by atoms with van der Waals surface area (Å²) in [7, 11) is 0. The number of Topliss-reactive ketones (excluding diaryl/α,β-unsaturated/α-hetero) is 1. The van der Waals surface area contributed by atoms with Crippen LogP contribution in [0.25, 0.3) is 0 Å². The summed E-state index contributed by atoms with van der Waals surface area (Å²) in [5, 5.41) is 3.96. The zero-order valence-electron chi connectivity index (χ0n) is 9.77. The monoisotopic (exact) mass is 219 g/mol. The number of oxime groups is 1. The van der Waals surface area contributed by atoms with Crippen LogP contribution < -0.4 is 0 Å². The Balaban J connectivity index is 2.28. The van der Waals surface area contributed by atoms with Gasteiger partial charge in [0.05, 0.1) is 5.71 Å². The van der Waals surface area contributed by atoms with Crippen LogP contribution in [0.3, 0.4) is 0 Å². The molecule has 3 heteroatoms. The summed E-state index contributed by atoms with van der Waals surface area (Å²) < 4.78 is 0. The maximum absolute atomic E-state index is 10.7. The molecule has 3 nitrogen and oxygen atoms in total. The second kappa shape index (κ2) is 6.77. The molecule has 1 aromatic rings. The van der Waals surface area contributed by atoms with Crippen molar-refractivity contribution in [2.75, 3.05) is 0 Å². The summed E-state index contributed by atoms with van der Waals surface area (Å²) in [6.07, 6.45) is 1.20. The van der Waals surface area contributed by atoms with E-state index in [1.807, 2.05) is 37.3 Å². The average molecular weight is 219 g/mol. The van der Waals surface area contributed by atoms with Gasteiger partial charge in [0.25, 0.3) is 0 Å². The minimum absolute atomic E-state index is 0.178. The molecule has 0 N–H and O–H groups in total. The van der Waals surface area contributed by atoms with Crippen LogP contribution >= 0.6 is 0 Å². The van der Waals surface area contributed by atoms with Crippen molar-refractivity contribution in [3.8, 4) is 0 Å². The molecule has 0 bridgehead atoms. The van der Waals surface area contributed by atoms with Crippen molar-refractivity contribution >= 4 is 11.5 Å². The van der Waals surface area contributed by atoms with Gasteiger partial charge in [-0.15, -0.1) is 0 Å². The van der Waals surface area contributed by atoms with Gasteiger partial charge in [0.2, 0.25) is 0 Å². The molecule has 86 valence electrons.